The van der Waals surface area contributed by atoms with Crippen LogP contribution >= 0.6 is 0 Å². The predicted molar refractivity (Wildman–Crippen MR) is 122 cm³/mol. The van der Waals surface area contributed by atoms with E-state index < -0.39 is 17.2 Å². The van der Waals surface area contributed by atoms with Gasteiger partial charge in [0.2, 0.25) is 5.95 Å². The highest BCUT2D eigenvalue weighted by Gasteiger charge is 2.20. The molecule has 0 aliphatic carbocycles. The molecular formula is C23H30F2N6O2. The number of ether oxygens (including phenoxy) is 1. The van der Waals surface area contributed by atoms with Gasteiger partial charge in [0.15, 0.2) is 0 Å². The molecule has 178 valence electrons. The van der Waals surface area contributed by atoms with Gasteiger partial charge in [0.25, 0.3) is 0 Å². The smallest absolute Gasteiger partial charge is 0.407 e. The lowest BCUT2D eigenvalue weighted by atomic mass is 10.0. The van der Waals surface area contributed by atoms with Crippen molar-refractivity contribution in [2.45, 2.75) is 46.1 Å². The summed E-state index contributed by atoms with van der Waals surface area (Å²) in [6, 6.07) is 5.36. The molecule has 2 aromatic rings. The second kappa shape index (κ2) is 10.9. The number of nitrogens with one attached hydrogen (secondary N) is 1. The van der Waals surface area contributed by atoms with Gasteiger partial charge in [0.1, 0.15) is 34.7 Å². The summed E-state index contributed by atoms with van der Waals surface area (Å²) < 4.78 is 32.5. The van der Waals surface area contributed by atoms with Gasteiger partial charge in [-0.2, -0.15) is 10.2 Å². The van der Waals surface area contributed by atoms with Crippen molar-refractivity contribution in [2.24, 2.45) is 5.92 Å². The van der Waals surface area contributed by atoms with E-state index >= 15 is 0 Å². The minimum absolute atomic E-state index is 0.0471. The van der Waals surface area contributed by atoms with Crippen molar-refractivity contribution in [1.82, 2.24) is 15.3 Å². The van der Waals surface area contributed by atoms with Crippen molar-refractivity contribution in [3.63, 3.8) is 0 Å². The van der Waals surface area contributed by atoms with Crippen molar-refractivity contribution >= 4 is 17.9 Å². The van der Waals surface area contributed by atoms with Crippen LogP contribution in [0.5, 0.6) is 0 Å². The summed E-state index contributed by atoms with van der Waals surface area (Å²) in [4.78, 5) is 20.9. The number of halogens is 2. The normalized spacial score (nSPS) is 15.7. The molecule has 3 rings (SSSR count). The molecule has 3 N–H and O–H groups in total. The monoisotopic (exact) mass is 460 g/mol. The standard InChI is InChI=1S/C17H17F2N5.C6H13NO2/c1-10-3-2-4-24(9-10)16-7-15(22-17(21)23-16)11-5-13(18)12(8-20)14(19)6-11;1-6(2,3)9-5(8)7-4/h5-7,10H,2-4,9H2,1H3,(H2,21,22,23);1-4H3,(H,7,8). The van der Waals surface area contributed by atoms with Gasteiger partial charge >= 0.3 is 6.09 Å². The van der Waals surface area contributed by atoms with Crippen molar-refractivity contribution < 1.29 is 18.3 Å². The van der Waals surface area contributed by atoms with Gasteiger partial charge < -0.3 is 20.7 Å². The van der Waals surface area contributed by atoms with Gasteiger partial charge in [-0.25, -0.2) is 18.6 Å². The van der Waals surface area contributed by atoms with Gasteiger partial charge in [-0.3, -0.25) is 0 Å². The van der Waals surface area contributed by atoms with Crippen LogP contribution in [0.15, 0.2) is 18.2 Å². The van der Waals surface area contributed by atoms with E-state index in [1.54, 1.807) is 6.07 Å². The molecule has 1 aliphatic heterocycles. The largest absolute Gasteiger partial charge is 0.444 e. The molecule has 1 aromatic carbocycles. The van der Waals surface area contributed by atoms with Gasteiger partial charge in [-0.05, 0) is 51.7 Å². The molecule has 1 atom stereocenters. The number of anilines is 2. The molecule has 1 aliphatic rings. The third kappa shape index (κ3) is 7.56. The molecule has 1 amide bonds. The first-order valence-electron chi connectivity index (χ1n) is 10.6. The number of aromatic nitrogens is 2. The Labute approximate surface area is 192 Å². The van der Waals surface area contributed by atoms with Crippen molar-refractivity contribution in [1.29, 1.82) is 5.26 Å². The van der Waals surface area contributed by atoms with E-state index in [0.29, 0.717) is 17.4 Å². The van der Waals surface area contributed by atoms with Crippen LogP contribution in [0.2, 0.25) is 0 Å². The number of alkyl carbamates (subject to hydrolysis) is 1. The summed E-state index contributed by atoms with van der Waals surface area (Å²) in [7, 11) is 1.54. The van der Waals surface area contributed by atoms with Crippen LogP contribution in [0.1, 0.15) is 46.1 Å². The number of carbonyl (C=O) groups is 1. The maximum atomic E-state index is 13.9. The first-order valence-corrected chi connectivity index (χ1v) is 10.6. The fourth-order valence-electron chi connectivity index (χ4n) is 3.32. The molecule has 0 spiro atoms. The summed E-state index contributed by atoms with van der Waals surface area (Å²) in [5, 5.41) is 11.1. The van der Waals surface area contributed by atoms with Crippen LogP contribution in [0.25, 0.3) is 11.3 Å². The van der Waals surface area contributed by atoms with Crippen LogP contribution in [0.4, 0.5) is 25.3 Å². The molecule has 1 unspecified atom stereocenters. The van der Waals surface area contributed by atoms with Crippen LogP contribution in [0.3, 0.4) is 0 Å². The van der Waals surface area contributed by atoms with Crippen LogP contribution in [-0.4, -0.2) is 41.8 Å². The van der Waals surface area contributed by atoms with E-state index in [9.17, 15) is 13.6 Å². The third-order valence-corrected chi connectivity index (χ3v) is 4.76. The Balaban J connectivity index is 0.000000365. The molecule has 8 nitrogen and oxygen atoms in total. The zero-order valence-corrected chi connectivity index (χ0v) is 19.6. The van der Waals surface area contributed by atoms with Crippen LogP contribution in [0, 0.1) is 28.9 Å². The number of hydrogen-bond donors (Lipinski definition) is 2. The van der Waals surface area contributed by atoms with Crippen LogP contribution in [-0.2, 0) is 4.74 Å². The molecule has 1 fully saturated rings. The first kappa shape index (κ1) is 25.8. The summed E-state index contributed by atoms with van der Waals surface area (Å²) in [5.41, 5.74) is 5.34. The number of nitrogens with two attached hydrogens (primary N) is 1. The zero-order valence-electron chi connectivity index (χ0n) is 19.6. The lowest BCUT2D eigenvalue weighted by Crippen LogP contribution is -2.35. The van der Waals surface area contributed by atoms with Gasteiger partial charge in [-0.15, -0.1) is 0 Å². The van der Waals surface area contributed by atoms with Crippen LogP contribution < -0.4 is 16.0 Å². The summed E-state index contributed by atoms with van der Waals surface area (Å²) in [6.45, 7) is 9.35. The summed E-state index contributed by atoms with van der Waals surface area (Å²) in [5.74, 6) is -0.598. The molecular weight excluding hydrogens is 430 g/mol. The van der Waals surface area contributed by atoms with E-state index in [1.165, 1.54) is 13.1 Å². The summed E-state index contributed by atoms with van der Waals surface area (Å²) in [6.07, 6.45) is 1.83. The second-order valence-electron chi connectivity index (χ2n) is 8.84. The second-order valence-corrected chi connectivity index (χ2v) is 8.84. The molecule has 1 aromatic heterocycles. The number of rotatable bonds is 2. The van der Waals surface area contributed by atoms with E-state index in [-0.39, 0.29) is 23.2 Å². The Morgan fingerprint density at radius 2 is 1.91 bits per heavy atom. The highest BCUT2D eigenvalue weighted by Crippen LogP contribution is 2.28. The SMILES string of the molecule is CC1CCCN(c2cc(-c3cc(F)c(C#N)c(F)c3)nc(N)n2)C1.CNC(=O)OC(C)(C)C. The molecule has 2 heterocycles. The van der Waals surface area contributed by atoms with E-state index in [0.717, 1.165) is 38.1 Å². The van der Waals surface area contributed by atoms with E-state index in [2.05, 4.69) is 27.1 Å². The Kier molecular flexibility index (Phi) is 8.51. The zero-order chi connectivity index (χ0) is 24.8. The number of benzene rings is 1. The quantitative estimate of drug-likeness (QED) is 0.688. The van der Waals surface area contributed by atoms with E-state index in [1.807, 2.05) is 20.8 Å². The predicted octanol–water partition coefficient (Wildman–Crippen LogP) is 4.25. The maximum absolute atomic E-state index is 13.9. The molecule has 0 radical (unpaired) electrons. The highest BCUT2D eigenvalue weighted by atomic mass is 19.1. The average Bonchev–Trinajstić information content (AvgIpc) is 2.72. The Hall–Kier alpha value is -3.48. The average molecular weight is 461 g/mol. The molecule has 0 bridgehead atoms. The Morgan fingerprint density at radius 3 is 2.39 bits per heavy atom. The lowest BCUT2D eigenvalue weighted by molar-refractivity contribution is 0.0541. The fourth-order valence-corrected chi connectivity index (χ4v) is 3.32. The number of nitriles is 1. The fraction of sp³-hybridized carbons (Fsp3) is 0.478. The van der Waals surface area contributed by atoms with Crippen molar-refractivity contribution in [3.8, 4) is 17.3 Å². The molecule has 1 saturated heterocycles. The Bertz CT molecular complexity index is 1010. The maximum Gasteiger partial charge on any atom is 0.407 e. The number of hydrogen-bond acceptors (Lipinski definition) is 7. The number of amides is 1. The minimum atomic E-state index is -0.919. The Morgan fingerprint density at radius 1 is 1.27 bits per heavy atom. The first-order chi connectivity index (χ1) is 15.4. The van der Waals surface area contributed by atoms with Gasteiger partial charge in [0.05, 0.1) is 5.69 Å². The van der Waals surface area contributed by atoms with Crippen molar-refractivity contribution in [2.75, 3.05) is 30.8 Å². The minimum Gasteiger partial charge on any atom is -0.444 e. The lowest BCUT2D eigenvalue weighted by Gasteiger charge is -2.32. The van der Waals surface area contributed by atoms with Crippen molar-refractivity contribution in [3.05, 3.63) is 35.4 Å². The summed E-state index contributed by atoms with van der Waals surface area (Å²) >= 11 is 0. The van der Waals surface area contributed by atoms with Gasteiger partial charge in [-0.1, -0.05) is 6.92 Å². The number of nitrogen functional groups attached to an aromatic ring is 1. The molecule has 0 saturated carbocycles. The third-order valence-electron chi connectivity index (χ3n) is 4.76. The van der Waals surface area contributed by atoms with Gasteiger partial charge in [0, 0.05) is 31.8 Å². The molecule has 33 heavy (non-hydrogen) atoms. The highest BCUT2D eigenvalue weighted by molar-refractivity contribution is 5.67. The number of nitrogens with zero attached hydrogens (tertiary/aromatic N) is 4. The molecule has 10 heteroatoms. The van der Waals surface area contributed by atoms with E-state index in [4.69, 9.17) is 15.7 Å². The number of carbonyl (C=O) groups excluding carboxylic acids is 1. The number of piperidine rings is 1. The topological polar surface area (TPSA) is 117 Å².